The number of nitrogens with zero attached hydrogens (tertiary/aromatic N) is 3. The minimum absolute atomic E-state index is 0.449. The average molecular weight is 260 g/mol. The van der Waals surface area contributed by atoms with Crippen LogP contribution in [0.5, 0.6) is 5.75 Å². The van der Waals surface area contributed by atoms with Crippen LogP contribution in [0.2, 0.25) is 5.15 Å². The summed E-state index contributed by atoms with van der Waals surface area (Å²) >= 11 is 6.01. The van der Waals surface area contributed by atoms with Gasteiger partial charge in [-0.25, -0.2) is 9.97 Å². The normalized spacial score (nSPS) is 10.8. The molecule has 2 heterocycles. The lowest BCUT2D eigenvalue weighted by Crippen LogP contribution is -1.93. The van der Waals surface area contributed by atoms with Gasteiger partial charge in [0.1, 0.15) is 11.3 Å². The van der Waals surface area contributed by atoms with Crippen molar-refractivity contribution in [3.8, 4) is 17.0 Å². The first kappa shape index (κ1) is 11.0. The second-order valence-electron chi connectivity index (χ2n) is 3.81. The van der Waals surface area contributed by atoms with Gasteiger partial charge >= 0.3 is 0 Å². The third kappa shape index (κ3) is 1.71. The Morgan fingerprint density at radius 2 is 1.94 bits per heavy atom. The molecule has 0 bridgehead atoms. The van der Waals surface area contributed by atoms with Crippen LogP contribution >= 0.6 is 11.6 Å². The first-order valence-corrected chi connectivity index (χ1v) is 5.78. The highest BCUT2D eigenvalue weighted by atomic mass is 35.5. The molecule has 0 fully saturated rings. The molecule has 3 rings (SSSR count). The Labute approximate surface area is 109 Å². The molecule has 0 radical (unpaired) electrons. The summed E-state index contributed by atoms with van der Waals surface area (Å²) in [6.07, 6.45) is 5.16. The van der Waals surface area contributed by atoms with Crippen molar-refractivity contribution in [1.29, 1.82) is 0 Å². The maximum Gasteiger partial charge on any atom is 0.154 e. The Bertz CT molecular complexity index is 691. The van der Waals surface area contributed by atoms with E-state index in [1.807, 2.05) is 28.7 Å². The predicted molar refractivity (Wildman–Crippen MR) is 70.0 cm³/mol. The summed E-state index contributed by atoms with van der Waals surface area (Å²) in [6.45, 7) is 0. The molecule has 4 nitrogen and oxygen atoms in total. The number of rotatable bonds is 2. The van der Waals surface area contributed by atoms with Crippen LogP contribution in [0.3, 0.4) is 0 Å². The summed E-state index contributed by atoms with van der Waals surface area (Å²) in [4.78, 5) is 8.27. The second kappa shape index (κ2) is 4.31. The number of ether oxygens (including phenoxy) is 1. The van der Waals surface area contributed by atoms with Crippen LogP contribution in [0.4, 0.5) is 0 Å². The topological polar surface area (TPSA) is 39.4 Å². The van der Waals surface area contributed by atoms with Crippen LogP contribution in [0.15, 0.2) is 43.0 Å². The number of hydrogen-bond donors (Lipinski definition) is 0. The summed E-state index contributed by atoms with van der Waals surface area (Å²) < 4.78 is 7.05. The Balaban J connectivity index is 2.18. The molecule has 18 heavy (non-hydrogen) atoms. The van der Waals surface area contributed by atoms with Crippen molar-refractivity contribution >= 4 is 17.1 Å². The molecule has 0 unspecified atom stereocenters. The third-order valence-electron chi connectivity index (χ3n) is 2.80. The number of methoxy groups -OCH3 is 1. The average Bonchev–Trinajstić information content (AvgIpc) is 2.90. The SMILES string of the molecule is COc1ccc(-c2cnc(Cl)c3cncn23)cc1. The molecule has 3 aromatic rings. The second-order valence-corrected chi connectivity index (χ2v) is 4.17. The van der Waals surface area contributed by atoms with E-state index in [0.29, 0.717) is 5.15 Å². The molecule has 0 aliphatic carbocycles. The van der Waals surface area contributed by atoms with E-state index in [2.05, 4.69) is 9.97 Å². The zero-order chi connectivity index (χ0) is 12.5. The number of benzene rings is 1. The molecule has 0 atom stereocenters. The van der Waals surface area contributed by atoms with Crippen molar-refractivity contribution in [2.24, 2.45) is 0 Å². The van der Waals surface area contributed by atoms with Gasteiger partial charge in [0.2, 0.25) is 0 Å². The first-order chi connectivity index (χ1) is 8.79. The molecule has 0 saturated carbocycles. The largest absolute Gasteiger partial charge is 0.497 e. The minimum Gasteiger partial charge on any atom is -0.497 e. The van der Waals surface area contributed by atoms with E-state index >= 15 is 0 Å². The summed E-state index contributed by atoms with van der Waals surface area (Å²) in [5.41, 5.74) is 2.77. The van der Waals surface area contributed by atoms with Gasteiger partial charge in [-0.3, -0.25) is 4.40 Å². The van der Waals surface area contributed by atoms with Gasteiger partial charge in [-0.1, -0.05) is 11.6 Å². The van der Waals surface area contributed by atoms with Crippen LogP contribution in [-0.2, 0) is 0 Å². The van der Waals surface area contributed by atoms with E-state index in [4.69, 9.17) is 16.3 Å². The monoisotopic (exact) mass is 259 g/mol. The summed E-state index contributed by atoms with van der Waals surface area (Å²) in [5, 5.41) is 0.449. The zero-order valence-corrected chi connectivity index (χ0v) is 10.4. The van der Waals surface area contributed by atoms with Gasteiger partial charge in [0.15, 0.2) is 5.15 Å². The Kier molecular flexibility index (Phi) is 2.64. The molecule has 0 aliphatic rings. The molecule has 0 N–H and O–H groups in total. The van der Waals surface area contributed by atoms with Gasteiger partial charge in [-0.15, -0.1) is 0 Å². The van der Waals surface area contributed by atoms with E-state index in [1.165, 1.54) is 0 Å². The van der Waals surface area contributed by atoms with Crippen LogP contribution in [-0.4, -0.2) is 21.5 Å². The van der Waals surface area contributed by atoms with Gasteiger partial charge in [-0.05, 0) is 24.3 Å². The molecule has 5 heteroatoms. The fourth-order valence-corrected chi connectivity index (χ4v) is 2.05. The summed E-state index contributed by atoms with van der Waals surface area (Å²) in [6, 6.07) is 7.77. The van der Waals surface area contributed by atoms with E-state index in [9.17, 15) is 0 Å². The van der Waals surface area contributed by atoms with E-state index in [1.54, 1.807) is 25.8 Å². The molecular weight excluding hydrogens is 250 g/mol. The lowest BCUT2D eigenvalue weighted by atomic mass is 10.1. The van der Waals surface area contributed by atoms with Crippen LogP contribution in [0.1, 0.15) is 0 Å². The maximum atomic E-state index is 6.01. The number of imidazole rings is 1. The van der Waals surface area contributed by atoms with Crippen molar-refractivity contribution in [1.82, 2.24) is 14.4 Å². The highest BCUT2D eigenvalue weighted by molar-refractivity contribution is 6.32. The Morgan fingerprint density at radius 3 is 2.67 bits per heavy atom. The molecule has 1 aromatic carbocycles. The fraction of sp³-hybridized carbons (Fsp3) is 0.0769. The molecule has 0 spiro atoms. The van der Waals surface area contributed by atoms with Crippen molar-refractivity contribution < 1.29 is 4.74 Å². The molecule has 0 aliphatic heterocycles. The van der Waals surface area contributed by atoms with Gasteiger partial charge in [0, 0.05) is 5.56 Å². The zero-order valence-electron chi connectivity index (χ0n) is 9.67. The quantitative estimate of drug-likeness (QED) is 0.710. The number of aromatic nitrogens is 3. The molecule has 0 saturated heterocycles. The van der Waals surface area contributed by atoms with Crippen LogP contribution in [0, 0.1) is 0 Å². The highest BCUT2D eigenvalue weighted by Crippen LogP contribution is 2.25. The van der Waals surface area contributed by atoms with Gasteiger partial charge in [0.25, 0.3) is 0 Å². The first-order valence-electron chi connectivity index (χ1n) is 5.40. The van der Waals surface area contributed by atoms with Gasteiger partial charge in [-0.2, -0.15) is 0 Å². The van der Waals surface area contributed by atoms with Crippen LogP contribution < -0.4 is 4.74 Å². The van der Waals surface area contributed by atoms with E-state index in [0.717, 1.165) is 22.5 Å². The Hall–Kier alpha value is -2.07. The summed E-state index contributed by atoms with van der Waals surface area (Å²) in [5.74, 6) is 0.822. The van der Waals surface area contributed by atoms with Crippen molar-refractivity contribution in [2.45, 2.75) is 0 Å². The molecule has 2 aromatic heterocycles. The number of fused-ring (bicyclic) bond motifs is 1. The maximum absolute atomic E-state index is 6.01. The minimum atomic E-state index is 0.449. The standard InChI is InChI=1S/C13H10ClN3O/c1-18-10-4-2-9(3-5-10)11-7-16-13(14)12-6-15-8-17(11)12/h2-8H,1H3. The smallest absolute Gasteiger partial charge is 0.154 e. The number of hydrogen-bond acceptors (Lipinski definition) is 3. The van der Waals surface area contributed by atoms with Crippen molar-refractivity contribution in [3.05, 3.63) is 48.1 Å². The number of halogens is 1. The lowest BCUT2D eigenvalue weighted by Gasteiger charge is -2.07. The van der Waals surface area contributed by atoms with Crippen molar-refractivity contribution in [3.63, 3.8) is 0 Å². The molecule has 90 valence electrons. The van der Waals surface area contributed by atoms with Gasteiger partial charge < -0.3 is 4.74 Å². The molecular formula is C13H10ClN3O. The Morgan fingerprint density at radius 1 is 1.17 bits per heavy atom. The highest BCUT2D eigenvalue weighted by Gasteiger charge is 2.07. The summed E-state index contributed by atoms with van der Waals surface area (Å²) in [7, 11) is 1.65. The van der Waals surface area contributed by atoms with Gasteiger partial charge in [0.05, 0.1) is 31.5 Å². The van der Waals surface area contributed by atoms with Crippen LogP contribution in [0.25, 0.3) is 16.8 Å². The van der Waals surface area contributed by atoms with E-state index in [-0.39, 0.29) is 0 Å². The third-order valence-corrected chi connectivity index (χ3v) is 3.09. The lowest BCUT2D eigenvalue weighted by molar-refractivity contribution is 0.415. The van der Waals surface area contributed by atoms with E-state index < -0.39 is 0 Å². The fourth-order valence-electron chi connectivity index (χ4n) is 1.86. The predicted octanol–water partition coefficient (Wildman–Crippen LogP) is 3.06. The van der Waals surface area contributed by atoms with Crippen molar-refractivity contribution in [2.75, 3.05) is 7.11 Å². The molecule has 0 amide bonds.